The van der Waals surface area contributed by atoms with Crippen molar-refractivity contribution in [2.45, 2.75) is 95.6 Å². The highest BCUT2D eigenvalue weighted by atomic mass is 19.3. The number of benzene rings is 1. The fourth-order valence-electron chi connectivity index (χ4n) is 7.95. The van der Waals surface area contributed by atoms with Crippen LogP contribution in [0, 0.1) is 5.92 Å². The van der Waals surface area contributed by atoms with Gasteiger partial charge in [0.25, 0.3) is 12.3 Å². The molecule has 3 N–H and O–H groups in total. The first-order valence-corrected chi connectivity index (χ1v) is 18.8. The number of ether oxygens (including phenoxy) is 1. The quantitative estimate of drug-likeness (QED) is 0.140. The molecule has 0 radical (unpaired) electrons. The Labute approximate surface area is 307 Å². The number of carbonyl (C=O) groups is 3. The van der Waals surface area contributed by atoms with E-state index in [9.17, 15) is 23.2 Å². The van der Waals surface area contributed by atoms with E-state index in [1.807, 2.05) is 36.6 Å². The van der Waals surface area contributed by atoms with Crippen LogP contribution in [-0.2, 0) is 9.59 Å². The monoisotopic (exact) mass is 727 g/mol. The van der Waals surface area contributed by atoms with Gasteiger partial charge < -0.3 is 24.7 Å². The molecule has 13 heteroatoms. The molecule has 1 aromatic carbocycles. The first kappa shape index (κ1) is 36.4. The van der Waals surface area contributed by atoms with E-state index in [0.717, 1.165) is 69.5 Å². The molecule has 7 rings (SSSR count). The minimum Gasteiger partial charge on any atom is -0.490 e. The van der Waals surface area contributed by atoms with Crippen LogP contribution < -0.4 is 20.7 Å². The minimum absolute atomic E-state index is 0.0437. The summed E-state index contributed by atoms with van der Waals surface area (Å²) in [6, 6.07) is 13.9. The summed E-state index contributed by atoms with van der Waals surface area (Å²) in [6.07, 6.45) is 8.16. The number of piperidine rings is 2. The first-order valence-electron chi connectivity index (χ1n) is 18.8. The van der Waals surface area contributed by atoms with Crippen LogP contribution in [0.25, 0.3) is 5.65 Å². The molecule has 3 fully saturated rings. The highest BCUT2D eigenvalue weighted by Gasteiger charge is 2.30. The van der Waals surface area contributed by atoms with Crippen molar-refractivity contribution in [2.24, 2.45) is 5.92 Å². The zero-order valence-corrected chi connectivity index (χ0v) is 30.2. The summed E-state index contributed by atoms with van der Waals surface area (Å²) in [7, 11) is 0. The van der Waals surface area contributed by atoms with Crippen LogP contribution >= 0.6 is 0 Å². The van der Waals surface area contributed by atoms with E-state index < -0.39 is 18.0 Å². The summed E-state index contributed by atoms with van der Waals surface area (Å²) in [5.41, 5.74) is 3.76. The van der Waals surface area contributed by atoms with Crippen molar-refractivity contribution in [1.82, 2.24) is 24.6 Å². The number of anilines is 2. The van der Waals surface area contributed by atoms with Crippen molar-refractivity contribution in [3.63, 3.8) is 0 Å². The van der Waals surface area contributed by atoms with Gasteiger partial charge in [-0.05, 0) is 114 Å². The molecule has 0 spiro atoms. The Kier molecular flexibility index (Phi) is 11.0. The number of hydrogen-bond acceptors (Lipinski definition) is 8. The summed E-state index contributed by atoms with van der Waals surface area (Å²) in [6.45, 7) is 6.98. The lowest BCUT2D eigenvalue weighted by Crippen LogP contribution is -2.47. The van der Waals surface area contributed by atoms with Gasteiger partial charge in [0, 0.05) is 43.0 Å². The Morgan fingerprint density at radius 2 is 1.72 bits per heavy atom. The fraction of sp³-hybridized carbons (Fsp3) is 0.475. The average molecular weight is 728 g/mol. The molecule has 53 heavy (non-hydrogen) atoms. The molecule has 1 saturated carbocycles. The van der Waals surface area contributed by atoms with E-state index >= 15 is 0 Å². The number of halogens is 2. The van der Waals surface area contributed by atoms with Gasteiger partial charge in [-0.3, -0.25) is 19.7 Å². The molecular weight excluding hydrogens is 680 g/mol. The standard InChI is InChI=1S/C40H47F2N7O4/c1-24(2)53-34-20-36-45-33(23-49(36)22-30(34)39(51)46-35-8-4-7-31(44-35)38(41)42)27-11-9-25(10-12-27)21-48-17-15-26(16-18-48)28-5-3-6-29(19-28)43-32-13-14-37(50)47-40(32)52/h3-8,19-20,22-27,32,38,43H,9-18,21H2,1-2H3,(H,44,46,51)(H,47,50,52). The highest BCUT2D eigenvalue weighted by Crippen LogP contribution is 2.38. The SMILES string of the molecule is CC(C)Oc1cc2nc(C3CCC(CN4CCC(c5cccc(NC6CCC(=O)NC6=O)c5)CC4)CC3)cn2cc1C(=O)Nc1cccc(C(F)F)n1. The van der Waals surface area contributed by atoms with E-state index in [4.69, 9.17) is 9.72 Å². The van der Waals surface area contributed by atoms with Crippen LogP contribution in [0.15, 0.2) is 60.9 Å². The number of aromatic nitrogens is 3. The Balaban J connectivity index is 0.925. The fourth-order valence-corrected chi connectivity index (χ4v) is 7.95. The zero-order chi connectivity index (χ0) is 37.1. The predicted octanol–water partition coefficient (Wildman–Crippen LogP) is 7.08. The molecule has 4 aromatic rings. The lowest BCUT2D eigenvalue weighted by molar-refractivity contribution is -0.133. The predicted molar refractivity (Wildman–Crippen MR) is 197 cm³/mol. The van der Waals surface area contributed by atoms with Crippen LogP contribution in [-0.4, -0.2) is 68.8 Å². The second kappa shape index (κ2) is 16.0. The van der Waals surface area contributed by atoms with Crippen LogP contribution in [0.1, 0.15) is 111 Å². The summed E-state index contributed by atoms with van der Waals surface area (Å²) in [5, 5.41) is 8.39. The van der Waals surface area contributed by atoms with E-state index in [2.05, 4.69) is 38.0 Å². The molecule has 5 heterocycles. The van der Waals surface area contributed by atoms with Crippen LogP contribution in [0.4, 0.5) is 20.3 Å². The van der Waals surface area contributed by atoms with E-state index in [-0.39, 0.29) is 35.3 Å². The molecular formula is C40H47F2N7O4. The second-order valence-corrected chi connectivity index (χ2v) is 14.9. The van der Waals surface area contributed by atoms with Crippen LogP contribution in [0.3, 0.4) is 0 Å². The second-order valence-electron chi connectivity index (χ2n) is 14.9. The molecule has 1 unspecified atom stereocenters. The van der Waals surface area contributed by atoms with Gasteiger partial charge in [0.15, 0.2) is 0 Å². The van der Waals surface area contributed by atoms with Gasteiger partial charge in [0.1, 0.15) is 29.0 Å². The van der Waals surface area contributed by atoms with Gasteiger partial charge in [-0.2, -0.15) is 0 Å². The van der Waals surface area contributed by atoms with E-state index in [1.54, 1.807) is 12.3 Å². The largest absolute Gasteiger partial charge is 0.490 e. The van der Waals surface area contributed by atoms with Gasteiger partial charge >= 0.3 is 0 Å². The molecule has 11 nitrogen and oxygen atoms in total. The normalized spacial score (nSPS) is 21.6. The van der Waals surface area contributed by atoms with Crippen molar-refractivity contribution >= 4 is 34.9 Å². The topological polar surface area (TPSA) is 130 Å². The summed E-state index contributed by atoms with van der Waals surface area (Å²) >= 11 is 0. The Morgan fingerprint density at radius 3 is 2.45 bits per heavy atom. The molecule has 2 aliphatic heterocycles. The Hall–Kier alpha value is -4.91. The van der Waals surface area contributed by atoms with Gasteiger partial charge in [-0.15, -0.1) is 0 Å². The number of nitrogens with one attached hydrogen (secondary N) is 3. The lowest BCUT2D eigenvalue weighted by Gasteiger charge is -2.36. The van der Waals surface area contributed by atoms with Gasteiger partial charge in [0.05, 0.1) is 17.4 Å². The third kappa shape index (κ3) is 8.84. The van der Waals surface area contributed by atoms with Crippen LogP contribution in [0.5, 0.6) is 5.75 Å². The third-order valence-electron chi connectivity index (χ3n) is 10.7. The molecule has 3 aromatic heterocycles. The molecule has 280 valence electrons. The first-order chi connectivity index (χ1) is 25.6. The maximum Gasteiger partial charge on any atom is 0.280 e. The molecule has 1 atom stereocenters. The lowest BCUT2D eigenvalue weighted by atomic mass is 9.80. The number of pyridine rings is 2. The number of nitrogens with zero attached hydrogens (tertiary/aromatic N) is 4. The molecule has 1 aliphatic carbocycles. The van der Waals surface area contributed by atoms with Crippen molar-refractivity contribution in [3.05, 3.63) is 83.4 Å². The van der Waals surface area contributed by atoms with Crippen molar-refractivity contribution in [1.29, 1.82) is 0 Å². The average Bonchev–Trinajstić information content (AvgIpc) is 3.56. The number of rotatable bonds is 11. The Bertz CT molecular complexity index is 1950. The van der Waals surface area contributed by atoms with Gasteiger partial charge in [0.2, 0.25) is 11.8 Å². The summed E-state index contributed by atoms with van der Waals surface area (Å²) < 4.78 is 34.2. The molecule has 0 bridgehead atoms. The summed E-state index contributed by atoms with van der Waals surface area (Å²) in [4.78, 5) is 48.5. The number of amides is 3. The molecule has 2 saturated heterocycles. The van der Waals surface area contributed by atoms with Crippen molar-refractivity contribution < 1.29 is 27.9 Å². The Morgan fingerprint density at radius 1 is 0.943 bits per heavy atom. The maximum absolute atomic E-state index is 13.4. The number of imidazole rings is 1. The number of hydrogen-bond donors (Lipinski definition) is 3. The van der Waals surface area contributed by atoms with Crippen molar-refractivity contribution in [3.8, 4) is 5.75 Å². The minimum atomic E-state index is -2.74. The number of carbonyl (C=O) groups excluding carboxylic acids is 3. The maximum atomic E-state index is 13.4. The van der Waals surface area contributed by atoms with E-state index in [0.29, 0.717) is 42.0 Å². The number of fused-ring (bicyclic) bond motifs is 1. The zero-order valence-electron chi connectivity index (χ0n) is 30.2. The molecule has 3 aliphatic rings. The van der Waals surface area contributed by atoms with Crippen LogP contribution in [0.2, 0.25) is 0 Å². The summed E-state index contributed by atoms with van der Waals surface area (Å²) in [5.74, 6) is 0.889. The third-order valence-corrected chi connectivity index (χ3v) is 10.7. The van der Waals surface area contributed by atoms with Gasteiger partial charge in [-0.1, -0.05) is 18.2 Å². The van der Waals surface area contributed by atoms with Crippen molar-refractivity contribution in [2.75, 3.05) is 30.3 Å². The number of likely N-dealkylation sites (tertiary alicyclic amines) is 1. The molecule has 3 amide bonds. The smallest absolute Gasteiger partial charge is 0.280 e. The number of imide groups is 1. The van der Waals surface area contributed by atoms with E-state index in [1.165, 1.54) is 23.8 Å². The highest BCUT2D eigenvalue weighted by molar-refractivity contribution is 6.06. The number of alkyl halides is 2. The van der Waals surface area contributed by atoms with Gasteiger partial charge in [-0.25, -0.2) is 18.7 Å².